The molecule has 0 spiro atoms. The lowest BCUT2D eigenvalue weighted by Crippen LogP contribution is -2.34. The normalized spacial score (nSPS) is 12.2. The summed E-state index contributed by atoms with van der Waals surface area (Å²) in [5, 5.41) is 3.67. The van der Waals surface area contributed by atoms with Crippen LogP contribution >= 0.6 is 11.6 Å². The smallest absolute Gasteiger partial charge is 0.220 e. The molecule has 3 N–H and O–H groups in total. The van der Waals surface area contributed by atoms with Crippen LogP contribution in [0.4, 0.5) is 0 Å². The predicted molar refractivity (Wildman–Crippen MR) is 71.0 cm³/mol. The van der Waals surface area contributed by atoms with Gasteiger partial charge in [0.2, 0.25) is 5.91 Å². The minimum atomic E-state index is 0.0602. The number of amides is 1. The summed E-state index contributed by atoms with van der Waals surface area (Å²) in [4.78, 5) is 11.5. The second-order valence-corrected chi connectivity index (χ2v) is 4.63. The van der Waals surface area contributed by atoms with Crippen molar-refractivity contribution in [3.63, 3.8) is 0 Å². The molecule has 4 heteroatoms. The zero-order valence-corrected chi connectivity index (χ0v) is 10.8. The first kappa shape index (κ1) is 14.0. The van der Waals surface area contributed by atoms with Crippen LogP contribution in [0, 0.1) is 0 Å². The van der Waals surface area contributed by atoms with Crippen LogP contribution in [0.5, 0.6) is 0 Å². The van der Waals surface area contributed by atoms with Gasteiger partial charge in [-0.3, -0.25) is 4.79 Å². The number of halogens is 1. The molecule has 1 atom stereocenters. The Morgan fingerprint density at radius 2 is 2.29 bits per heavy atom. The molecule has 0 aliphatic carbocycles. The average Bonchev–Trinajstić information content (AvgIpc) is 2.26. The van der Waals surface area contributed by atoms with Gasteiger partial charge < -0.3 is 11.1 Å². The molecule has 1 aromatic rings. The van der Waals surface area contributed by atoms with E-state index in [1.165, 1.54) is 0 Å². The lowest BCUT2D eigenvalue weighted by molar-refractivity contribution is -0.121. The van der Waals surface area contributed by atoms with Gasteiger partial charge in [0, 0.05) is 17.5 Å². The third-order valence-corrected chi connectivity index (χ3v) is 2.68. The van der Waals surface area contributed by atoms with E-state index in [1.807, 2.05) is 31.2 Å². The first-order valence-corrected chi connectivity index (χ1v) is 6.23. The van der Waals surface area contributed by atoms with Gasteiger partial charge in [0.1, 0.15) is 0 Å². The van der Waals surface area contributed by atoms with Crippen molar-refractivity contribution >= 4 is 17.5 Å². The highest BCUT2D eigenvalue weighted by Crippen LogP contribution is 2.12. The van der Waals surface area contributed by atoms with Crippen LogP contribution in [-0.4, -0.2) is 18.5 Å². The number of nitrogens with two attached hydrogens (primary N) is 1. The van der Waals surface area contributed by atoms with Crippen molar-refractivity contribution in [2.75, 3.05) is 6.54 Å². The zero-order chi connectivity index (χ0) is 12.7. The molecule has 0 aromatic heterocycles. The molecule has 1 rings (SSSR count). The summed E-state index contributed by atoms with van der Waals surface area (Å²) in [7, 11) is 0. The fraction of sp³-hybridized carbons (Fsp3) is 0.462. The lowest BCUT2D eigenvalue weighted by atomic mass is 10.1. The van der Waals surface area contributed by atoms with Gasteiger partial charge in [-0.1, -0.05) is 23.7 Å². The summed E-state index contributed by atoms with van der Waals surface area (Å²) in [5.41, 5.74) is 6.48. The van der Waals surface area contributed by atoms with E-state index in [2.05, 4.69) is 5.32 Å². The Kier molecular flexibility index (Phi) is 6.01. The van der Waals surface area contributed by atoms with Crippen molar-refractivity contribution in [1.82, 2.24) is 5.32 Å². The molecule has 1 unspecified atom stereocenters. The molecule has 0 radical (unpaired) electrons. The minimum absolute atomic E-state index is 0.0602. The Morgan fingerprint density at radius 3 is 2.94 bits per heavy atom. The molecule has 1 amide bonds. The molecular formula is C13H19ClN2O. The molecule has 0 saturated carbocycles. The van der Waals surface area contributed by atoms with Crippen LogP contribution in [0.15, 0.2) is 24.3 Å². The number of hydrogen-bond donors (Lipinski definition) is 2. The van der Waals surface area contributed by atoms with E-state index in [0.717, 1.165) is 23.4 Å². The molecule has 0 heterocycles. The second-order valence-electron chi connectivity index (χ2n) is 4.19. The fourth-order valence-electron chi connectivity index (χ4n) is 1.68. The highest BCUT2D eigenvalue weighted by Gasteiger charge is 2.07. The largest absolute Gasteiger partial charge is 0.353 e. The van der Waals surface area contributed by atoms with Crippen LogP contribution in [0.2, 0.25) is 5.02 Å². The highest BCUT2D eigenvalue weighted by molar-refractivity contribution is 6.30. The summed E-state index contributed by atoms with van der Waals surface area (Å²) in [5.74, 6) is 0.0602. The molecular weight excluding hydrogens is 236 g/mol. The first-order valence-electron chi connectivity index (χ1n) is 5.85. The Morgan fingerprint density at radius 1 is 1.53 bits per heavy atom. The number of nitrogens with one attached hydrogen (secondary N) is 1. The lowest BCUT2D eigenvalue weighted by Gasteiger charge is -2.14. The molecule has 0 bridgehead atoms. The molecule has 17 heavy (non-hydrogen) atoms. The number of rotatable bonds is 6. The van der Waals surface area contributed by atoms with Crippen LogP contribution in [0.3, 0.4) is 0 Å². The minimum Gasteiger partial charge on any atom is -0.353 e. The number of carbonyl (C=O) groups is 1. The molecule has 1 aromatic carbocycles. The summed E-state index contributed by atoms with van der Waals surface area (Å²) in [6.07, 6.45) is 2.01. The van der Waals surface area contributed by atoms with E-state index in [9.17, 15) is 4.79 Å². The molecule has 0 aliphatic rings. The topological polar surface area (TPSA) is 55.1 Å². The average molecular weight is 255 g/mol. The maximum absolute atomic E-state index is 11.5. The maximum Gasteiger partial charge on any atom is 0.220 e. The second kappa shape index (κ2) is 7.30. The Hall–Kier alpha value is -1.06. The predicted octanol–water partition coefficient (Wildman–Crippen LogP) is 2.13. The maximum atomic E-state index is 11.5. The third kappa shape index (κ3) is 5.71. The van der Waals surface area contributed by atoms with Crippen LogP contribution in [0.1, 0.15) is 25.3 Å². The van der Waals surface area contributed by atoms with Crippen molar-refractivity contribution in [2.24, 2.45) is 5.73 Å². The number of benzene rings is 1. The Labute approximate surface area is 107 Å². The first-order chi connectivity index (χ1) is 8.11. The van der Waals surface area contributed by atoms with Gasteiger partial charge in [0.25, 0.3) is 0 Å². The summed E-state index contributed by atoms with van der Waals surface area (Å²) >= 11 is 5.90. The highest BCUT2D eigenvalue weighted by atomic mass is 35.5. The van der Waals surface area contributed by atoms with Gasteiger partial charge in [-0.2, -0.15) is 0 Å². The molecule has 3 nitrogen and oxygen atoms in total. The molecule has 0 fully saturated rings. The van der Waals surface area contributed by atoms with E-state index in [4.69, 9.17) is 17.3 Å². The molecule has 0 saturated heterocycles. The van der Waals surface area contributed by atoms with Crippen molar-refractivity contribution in [1.29, 1.82) is 0 Å². The van der Waals surface area contributed by atoms with Gasteiger partial charge in [-0.15, -0.1) is 0 Å². The monoisotopic (exact) mass is 254 g/mol. The number of hydrogen-bond acceptors (Lipinski definition) is 2. The van der Waals surface area contributed by atoms with E-state index in [-0.39, 0.29) is 11.9 Å². The van der Waals surface area contributed by atoms with Crippen molar-refractivity contribution in [3.05, 3.63) is 34.9 Å². The van der Waals surface area contributed by atoms with Gasteiger partial charge in [-0.25, -0.2) is 0 Å². The van der Waals surface area contributed by atoms with E-state index in [0.29, 0.717) is 13.0 Å². The van der Waals surface area contributed by atoms with Crippen molar-refractivity contribution in [2.45, 2.75) is 32.2 Å². The van der Waals surface area contributed by atoms with Crippen LogP contribution in [0.25, 0.3) is 0 Å². The standard InChI is InChI=1S/C13H19ClN2O/c1-10(16-13(17)6-3-7-15)8-11-4-2-5-12(14)9-11/h2,4-5,9-10H,3,6-8,15H2,1H3,(H,16,17). The SMILES string of the molecule is CC(Cc1cccc(Cl)c1)NC(=O)CCCN. The van der Waals surface area contributed by atoms with Crippen molar-refractivity contribution < 1.29 is 4.79 Å². The summed E-state index contributed by atoms with van der Waals surface area (Å²) in [6, 6.07) is 7.80. The fourth-order valence-corrected chi connectivity index (χ4v) is 1.89. The number of carbonyl (C=O) groups excluding carboxylic acids is 1. The summed E-state index contributed by atoms with van der Waals surface area (Å²) in [6.45, 7) is 2.54. The van der Waals surface area contributed by atoms with Crippen LogP contribution < -0.4 is 11.1 Å². The van der Waals surface area contributed by atoms with Gasteiger partial charge in [-0.05, 0) is 44.0 Å². The third-order valence-electron chi connectivity index (χ3n) is 2.45. The van der Waals surface area contributed by atoms with E-state index < -0.39 is 0 Å². The Balaban J connectivity index is 2.39. The zero-order valence-electron chi connectivity index (χ0n) is 10.1. The van der Waals surface area contributed by atoms with Gasteiger partial charge >= 0.3 is 0 Å². The van der Waals surface area contributed by atoms with Crippen molar-refractivity contribution in [3.8, 4) is 0 Å². The molecule has 94 valence electrons. The Bertz CT molecular complexity index is 368. The van der Waals surface area contributed by atoms with Crippen LogP contribution in [-0.2, 0) is 11.2 Å². The van der Waals surface area contributed by atoms with E-state index in [1.54, 1.807) is 0 Å². The van der Waals surface area contributed by atoms with Gasteiger partial charge in [0.05, 0.1) is 0 Å². The quantitative estimate of drug-likeness (QED) is 0.817. The molecule has 0 aliphatic heterocycles. The van der Waals surface area contributed by atoms with Gasteiger partial charge in [0.15, 0.2) is 0 Å². The van der Waals surface area contributed by atoms with E-state index >= 15 is 0 Å². The summed E-state index contributed by atoms with van der Waals surface area (Å²) < 4.78 is 0.